The number of aromatic nitrogens is 1. The Balaban J connectivity index is 1.98. The molecule has 0 atom stereocenters. The fourth-order valence-corrected chi connectivity index (χ4v) is 2.17. The SMILES string of the molecule is Cn1cccc(CNC2CCCC2)c1=O. The minimum Gasteiger partial charge on any atom is -0.318 e. The lowest BCUT2D eigenvalue weighted by Gasteiger charge is -2.11. The molecule has 1 saturated carbocycles. The summed E-state index contributed by atoms with van der Waals surface area (Å²) in [6, 6.07) is 4.45. The van der Waals surface area contributed by atoms with Crippen LogP contribution in [0.5, 0.6) is 0 Å². The summed E-state index contributed by atoms with van der Waals surface area (Å²) in [5.74, 6) is 0. The molecular formula is C12H18N2O. The van der Waals surface area contributed by atoms with Crippen molar-refractivity contribution in [1.29, 1.82) is 0 Å². The highest BCUT2D eigenvalue weighted by Crippen LogP contribution is 2.17. The van der Waals surface area contributed by atoms with E-state index in [0.717, 1.165) is 5.56 Å². The van der Waals surface area contributed by atoms with Crippen LogP contribution in [0.1, 0.15) is 31.2 Å². The zero-order valence-electron chi connectivity index (χ0n) is 9.20. The first-order valence-corrected chi connectivity index (χ1v) is 5.65. The molecule has 1 N–H and O–H groups in total. The molecule has 0 aromatic carbocycles. The number of rotatable bonds is 3. The molecule has 1 aromatic heterocycles. The topological polar surface area (TPSA) is 34.0 Å². The predicted molar refractivity (Wildman–Crippen MR) is 60.8 cm³/mol. The first-order valence-electron chi connectivity index (χ1n) is 5.65. The van der Waals surface area contributed by atoms with Crippen molar-refractivity contribution in [3.63, 3.8) is 0 Å². The number of aryl methyl sites for hydroxylation is 1. The fourth-order valence-electron chi connectivity index (χ4n) is 2.17. The molecular weight excluding hydrogens is 188 g/mol. The third kappa shape index (κ3) is 2.48. The van der Waals surface area contributed by atoms with Gasteiger partial charge in [-0.2, -0.15) is 0 Å². The fraction of sp³-hybridized carbons (Fsp3) is 0.583. The highest BCUT2D eigenvalue weighted by molar-refractivity contribution is 5.10. The van der Waals surface area contributed by atoms with Crippen molar-refractivity contribution in [2.24, 2.45) is 7.05 Å². The molecule has 1 heterocycles. The van der Waals surface area contributed by atoms with E-state index in [2.05, 4.69) is 5.32 Å². The maximum atomic E-state index is 11.7. The second-order valence-corrected chi connectivity index (χ2v) is 4.31. The average molecular weight is 206 g/mol. The van der Waals surface area contributed by atoms with Gasteiger partial charge in [-0.1, -0.05) is 18.9 Å². The van der Waals surface area contributed by atoms with Gasteiger partial charge in [0.25, 0.3) is 5.56 Å². The molecule has 0 spiro atoms. The molecule has 82 valence electrons. The van der Waals surface area contributed by atoms with Crippen LogP contribution >= 0.6 is 0 Å². The number of nitrogens with one attached hydrogen (secondary N) is 1. The molecule has 0 unspecified atom stereocenters. The summed E-state index contributed by atoms with van der Waals surface area (Å²) in [6.07, 6.45) is 6.95. The first-order chi connectivity index (χ1) is 7.27. The van der Waals surface area contributed by atoms with Crippen LogP contribution in [0.25, 0.3) is 0 Å². The van der Waals surface area contributed by atoms with Crippen molar-refractivity contribution in [2.75, 3.05) is 0 Å². The third-order valence-electron chi connectivity index (χ3n) is 3.14. The molecule has 0 aliphatic heterocycles. The second kappa shape index (κ2) is 4.62. The van der Waals surface area contributed by atoms with E-state index in [0.29, 0.717) is 12.6 Å². The van der Waals surface area contributed by atoms with E-state index in [9.17, 15) is 4.79 Å². The Hall–Kier alpha value is -1.09. The molecule has 3 heteroatoms. The summed E-state index contributed by atoms with van der Waals surface area (Å²) in [5.41, 5.74) is 0.981. The van der Waals surface area contributed by atoms with Gasteiger partial charge in [0, 0.05) is 31.4 Å². The molecule has 2 rings (SSSR count). The Bertz CT molecular complexity index is 377. The zero-order chi connectivity index (χ0) is 10.7. The van der Waals surface area contributed by atoms with Crippen LogP contribution in [0.15, 0.2) is 23.1 Å². The molecule has 3 nitrogen and oxygen atoms in total. The average Bonchev–Trinajstić information content (AvgIpc) is 2.73. The van der Waals surface area contributed by atoms with Gasteiger partial charge in [-0.3, -0.25) is 4.79 Å². The van der Waals surface area contributed by atoms with Crippen LogP contribution in [0.3, 0.4) is 0 Å². The largest absolute Gasteiger partial charge is 0.318 e. The van der Waals surface area contributed by atoms with Gasteiger partial charge in [-0.25, -0.2) is 0 Å². The Morgan fingerprint density at radius 1 is 1.47 bits per heavy atom. The van der Waals surface area contributed by atoms with Gasteiger partial charge in [-0.05, 0) is 18.9 Å². The van der Waals surface area contributed by atoms with E-state index in [4.69, 9.17) is 0 Å². The molecule has 1 aromatic rings. The van der Waals surface area contributed by atoms with E-state index in [1.165, 1.54) is 25.7 Å². The highest BCUT2D eigenvalue weighted by Gasteiger charge is 2.14. The zero-order valence-corrected chi connectivity index (χ0v) is 9.20. The van der Waals surface area contributed by atoms with E-state index >= 15 is 0 Å². The lowest BCUT2D eigenvalue weighted by atomic mass is 10.2. The Kier molecular flexibility index (Phi) is 3.21. The standard InChI is InChI=1S/C12H18N2O/c1-14-8-4-5-10(12(14)15)9-13-11-6-2-3-7-11/h4-5,8,11,13H,2-3,6-7,9H2,1H3. The van der Waals surface area contributed by atoms with Gasteiger partial charge in [0.15, 0.2) is 0 Å². The van der Waals surface area contributed by atoms with Crippen LogP contribution in [0.2, 0.25) is 0 Å². The molecule has 1 aliphatic carbocycles. The van der Waals surface area contributed by atoms with Gasteiger partial charge in [0.1, 0.15) is 0 Å². The van der Waals surface area contributed by atoms with Crippen molar-refractivity contribution in [3.8, 4) is 0 Å². The molecule has 1 aliphatic rings. The highest BCUT2D eigenvalue weighted by atomic mass is 16.1. The minimum absolute atomic E-state index is 0.114. The van der Waals surface area contributed by atoms with E-state index in [1.807, 2.05) is 12.1 Å². The van der Waals surface area contributed by atoms with E-state index < -0.39 is 0 Å². The normalized spacial score (nSPS) is 17.1. The summed E-state index contributed by atoms with van der Waals surface area (Å²) in [4.78, 5) is 11.7. The van der Waals surface area contributed by atoms with Crippen LogP contribution in [-0.4, -0.2) is 10.6 Å². The smallest absolute Gasteiger partial charge is 0.254 e. The summed E-state index contributed by atoms with van der Waals surface area (Å²) >= 11 is 0. The van der Waals surface area contributed by atoms with E-state index in [-0.39, 0.29) is 5.56 Å². The summed E-state index contributed by atoms with van der Waals surface area (Å²) < 4.78 is 1.63. The lowest BCUT2D eigenvalue weighted by Crippen LogP contribution is -2.30. The van der Waals surface area contributed by atoms with Crippen molar-refractivity contribution in [1.82, 2.24) is 9.88 Å². The molecule has 15 heavy (non-hydrogen) atoms. The maximum absolute atomic E-state index is 11.7. The van der Waals surface area contributed by atoms with Crippen molar-refractivity contribution in [3.05, 3.63) is 34.2 Å². The lowest BCUT2D eigenvalue weighted by molar-refractivity contribution is 0.521. The van der Waals surface area contributed by atoms with Gasteiger partial charge in [0.05, 0.1) is 0 Å². The van der Waals surface area contributed by atoms with Crippen LogP contribution in [0, 0.1) is 0 Å². The number of hydrogen-bond donors (Lipinski definition) is 1. The molecule has 0 saturated heterocycles. The number of hydrogen-bond acceptors (Lipinski definition) is 2. The van der Waals surface area contributed by atoms with Gasteiger partial charge < -0.3 is 9.88 Å². The number of pyridine rings is 1. The third-order valence-corrected chi connectivity index (χ3v) is 3.14. The molecule has 0 bridgehead atoms. The maximum Gasteiger partial charge on any atom is 0.254 e. The Labute approximate surface area is 90.1 Å². The van der Waals surface area contributed by atoms with Crippen LogP contribution in [-0.2, 0) is 13.6 Å². The van der Waals surface area contributed by atoms with E-state index in [1.54, 1.807) is 17.8 Å². The summed E-state index contributed by atoms with van der Waals surface area (Å²) in [5, 5.41) is 3.45. The van der Waals surface area contributed by atoms with Crippen LogP contribution < -0.4 is 10.9 Å². The quantitative estimate of drug-likeness (QED) is 0.811. The second-order valence-electron chi connectivity index (χ2n) is 4.31. The monoisotopic (exact) mass is 206 g/mol. The number of nitrogens with zero attached hydrogens (tertiary/aromatic N) is 1. The van der Waals surface area contributed by atoms with Crippen molar-refractivity contribution < 1.29 is 0 Å². The molecule has 0 radical (unpaired) electrons. The Morgan fingerprint density at radius 2 is 2.20 bits per heavy atom. The minimum atomic E-state index is 0.114. The first kappa shape index (κ1) is 10.4. The van der Waals surface area contributed by atoms with Crippen LogP contribution in [0.4, 0.5) is 0 Å². The predicted octanol–water partition coefficient (Wildman–Crippen LogP) is 1.42. The molecule has 1 fully saturated rings. The van der Waals surface area contributed by atoms with Gasteiger partial charge in [-0.15, -0.1) is 0 Å². The van der Waals surface area contributed by atoms with Gasteiger partial charge in [0.2, 0.25) is 0 Å². The summed E-state index contributed by atoms with van der Waals surface area (Å²) in [6.45, 7) is 0.707. The Morgan fingerprint density at radius 3 is 2.93 bits per heavy atom. The molecule has 0 amide bonds. The van der Waals surface area contributed by atoms with Crippen molar-refractivity contribution >= 4 is 0 Å². The van der Waals surface area contributed by atoms with Gasteiger partial charge >= 0.3 is 0 Å². The summed E-state index contributed by atoms with van der Waals surface area (Å²) in [7, 11) is 1.79. The van der Waals surface area contributed by atoms with Crippen molar-refractivity contribution in [2.45, 2.75) is 38.3 Å².